The lowest BCUT2D eigenvalue weighted by molar-refractivity contribution is 0.670. The number of halogens is 1. The quantitative estimate of drug-likeness (QED) is 0.315. The first-order valence-corrected chi connectivity index (χ1v) is 8.28. The van der Waals surface area contributed by atoms with Crippen LogP contribution in [-0.4, -0.2) is 0 Å². The molecule has 0 unspecified atom stereocenters. The Bertz CT molecular complexity index is 1630. The van der Waals surface area contributed by atoms with Crippen LogP contribution in [0, 0.1) is 0 Å². The first-order valence-electron chi connectivity index (χ1n) is 11.9. The van der Waals surface area contributed by atoms with Gasteiger partial charge in [-0.2, -0.15) is 0 Å². The Morgan fingerprint density at radius 1 is 0.731 bits per heavy atom. The molecule has 1 aromatic heterocycles. The molecule has 0 aliphatic heterocycles. The van der Waals surface area contributed by atoms with Crippen LogP contribution >= 0.6 is 11.6 Å². The largest absolute Gasteiger partial charge is 0.455 e. The summed E-state index contributed by atoms with van der Waals surface area (Å²) in [7, 11) is 0. The predicted octanol–water partition coefficient (Wildman–Crippen LogP) is 7.57. The highest BCUT2D eigenvalue weighted by atomic mass is 35.5. The number of fused-ring (bicyclic) bond motifs is 3. The molecule has 4 aromatic carbocycles. The van der Waals surface area contributed by atoms with E-state index in [0.29, 0.717) is 21.8 Å². The second kappa shape index (κ2) is 6.05. The van der Waals surface area contributed by atoms with E-state index in [1.807, 2.05) is 12.1 Å². The van der Waals surface area contributed by atoms with Gasteiger partial charge in [0.25, 0.3) is 0 Å². The van der Waals surface area contributed by atoms with Crippen molar-refractivity contribution in [3.8, 4) is 22.3 Å². The molecule has 124 valence electrons. The molecular formula is C24H15ClO. The van der Waals surface area contributed by atoms with Crippen LogP contribution < -0.4 is 0 Å². The van der Waals surface area contributed by atoms with Crippen LogP contribution in [0.4, 0.5) is 0 Å². The maximum absolute atomic E-state index is 8.53. The summed E-state index contributed by atoms with van der Waals surface area (Å²) in [4.78, 5) is 0. The molecule has 0 saturated carbocycles. The topological polar surface area (TPSA) is 13.1 Å². The van der Waals surface area contributed by atoms with E-state index in [1.54, 1.807) is 24.3 Å². The minimum Gasteiger partial charge on any atom is -0.455 e. The first kappa shape index (κ1) is 9.07. The summed E-state index contributed by atoms with van der Waals surface area (Å²) < 4.78 is 71.8. The van der Waals surface area contributed by atoms with E-state index in [4.69, 9.17) is 27.0 Å². The van der Waals surface area contributed by atoms with E-state index in [2.05, 4.69) is 0 Å². The minimum atomic E-state index is -0.542. The van der Waals surface area contributed by atoms with Crippen molar-refractivity contribution in [2.24, 2.45) is 0 Å². The monoisotopic (exact) mass is 362 g/mol. The van der Waals surface area contributed by atoms with E-state index < -0.39 is 42.3 Å². The third-order valence-corrected chi connectivity index (χ3v) is 4.44. The molecule has 0 radical (unpaired) electrons. The van der Waals surface area contributed by atoms with Crippen LogP contribution in [0.2, 0.25) is 5.02 Å². The molecule has 0 atom stereocenters. The number of para-hydroxylation sites is 1. The van der Waals surface area contributed by atoms with Crippen molar-refractivity contribution in [2.45, 2.75) is 0 Å². The summed E-state index contributed by atoms with van der Waals surface area (Å²) >= 11 is 6.11. The fourth-order valence-corrected chi connectivity index (χ4v) is 3.19. The average molecular weight is 363 g/mol. The van der Waals surface area contributed by atoms with Crippen LogP contribution in [0.5, 0.6) is 0 Å². The molecule has 5 aromatic rings. The molecule has 0 amide bonds. The zero-order chi connectivity index (χ0) is 24.5. The summed E-state index contributed by atoms with van der Waals surface area (Å²) in [6, 6.07) is 8.44. The van der Waals surface area contributed by atoms with Gasteiger partial charge in [-0.15, -0.1) is 0 Å². The highest BCUT2D eigenvalue weighted by Gasteiger charge is 2.12. The maximum Gasteiger partial charge on any atom is 0.143 e. The Hall–Kier alpha value is -3.03. The summed E-state index contributed by atoms with van der Waals surface area (Å²) in [5.41, 5.74) is 1.53. The van der Waals surface area contributed by atoms with Gasteiger partial charge in [-0.05, 0) is 34.9 Å². The van der Waals surface area contributed by atoms with Gasteiger partial charge < -0.3 is 4.42 Å². The SMILES string of the molecule is [2H]c1c(-c2c([2H])c([2H])c([2H])c([2H])c2[2H])cc(-c2cccc3c2oc2cc(Cl)ccc23)c([2H])c1[2H]. The van der Waals surface area contributed by atoms with E-state index >= 15 is 0 Å². The maximum atomic E-state index is 8.53. The van der Waals surface area contributed by atoms with Crippen molar-refractivity contribution in [1.29, 1.82) is 0 Å². The van der Waals surface area contributed by atoms with Crippen LogP contribution in [0.1, 0.15) is 11.0 Å². The van der Waals surface area contributed by atoms with Crippen molar-refractivity contribution >= 4 is 33.5 Å². The molecule has 5 rings (SSSR count). The molecule has 1 nitrogen and oxygen atoms in total. The van der Waals surface area contributed by atoms with Crippen molar-refractivity contribution in [1.82, 2.24) is 0 Å². The van der Waals surface area contributed by atoms with E-state index in [1.165, 1.54) is 6.07 Å². The third-order valence-electron chi connectivity index (χ3n) is 4.20. The number of hydrogen-bond donors (Lipinski definition) is 0. The van der Waals surface area contributed by atoms with Crippen LogP contribution in [0.15, 0.2) is 95.2 Å². The average Bonchev–Trinajstić information content (AvgIpc) is 3.19. The van der Waals surface area contributed by atoms with Gasteiger partial charge in [0, 0.05) is 27.4 Å². The van der Waals surface area contributed by atoms with Gasteiger partial charge in [-0.25, -0.2) is 0 Å². The van der Waals surface area contributed by atoms with E-state index in [9.17, 15) is 0 Å². The smallest absolute Gasteiger partial charge is 0.143 e. The second-order valence-corrected chi connectivity index (χ2v) is 6.21. The van der Waals surface area contributed by atoms with Gasteiger partial charge in [0.05, 0.1) is 11.0 Å². The fraction of sp³-hybridized carbons (Fsp3) is 0. The van der Waals surface area contributed by atoms with Crippen molar-refractivity contribution in [3.05, 3.63) is 95.8 Å². The van der Waals surface area contributed by atoms with Crippen LogP contribution in [0.25, 0.3) is 44.2 Å². The van der Waals surface area contributed by atoms with Crippen molar-refractivity contribution < 1.29 is 15.4 Å². The summed E-state index contributed by atoms with van der Waals surface area (Å²) in [5.74, 6) is 0. The number of furan rings is 1. The Kier molecular flexibility index (Phi) is 2.11. The Labute approximate surface area is 167 Å². The Morgan fingerprint density at radius 2 is 1.54 bits per heavy atom. The Balaban J connectivity index is 1.86. The molecule has 0 saturated heterocycles. The molecule has 0 spiro atoms. The first-order chi connectivity index (χ1) is 16.1. The van der Waals surface area contributed by atoms with Crippen molar-refractivity contribution in [3.63, 3.8) is 0 Å². The molecule has 2 heteroatoms. The molecule has 0 aliphatic carbocycles. The lowest BCUT2D eigenvalue weighted by Gasteiger charge is -2.06. The molecule has 0 aliphatic rings. The summed E-state index contributed by atoms with van der Waals surface area (Å²) in [6.07, 6.45) is 0. The predicted molar refractivity (Wildman–Crippen MR) is 110 cm³/mol. The zero-order valence-corrected chi connectivity index (χ0v) is 14.1. The number of benzene rings is 4. The molecule has 0 fully saturated rings. The Morgan fingerprint density at radius 3 is 2.42 bits per heavy atom. The van der Waals surface area contributed by atoms with Gasteiger partial charge in [0.2, 0.25) is 0 Å². The standard InChI is InChI=1S/C24H15ClO/c25-19-12-13-21-22-11-5-10-20(24(22)26-23(21)15-19)18-9-4-8-17(14-18)16-6-2-1-3-7-16/h1-15H/i1D,2D,3D,4D,6D,7D,8D,9D. The van der Waals surface area contributed by atoms with Gasteiger partial charge in [0.1, 0.15) is 11.2 Å². The van der Waals surface area contributed by atoms with Gasteiger partial charge in [-0.3, -0.25) is 0 Å². The van der Waals surface area contributed by atoms with Crippen LogP contribution in [0.3, 0.4) is 0 Å². The van der Waals surface area contributed by atoms with Gasteiger partial charge in [0.15, 0.2) is 0 Å². The second-order valence-electron chi connectivity index (χ2n) is 5.77. The molecule has 26 heavy (non-hydrogen) atoms. The third kappa shape index (κ3) is 2.49. The lowest BCUT2D eigenvalue weighted by atomic mass is 9.98. The minimum absolute atomic E-state index is 0.0239. The number of rotatable bonds is 2. The molecular weight excluding hydrogens is 340 g/mol. The molecule has 1 heterocycles. The number of hydrogen-bond acceptors (Lipinski definition) is 1. The summed E-state index contributed by atoms with van der Waals surface area (Å²) in [6.45, 7) is 0. The van der Waals surface area contributed by atoms with E-state index in [-0.39, 0.29) is 22.7 Å². The zero-order valence-electron chi connectivity index (χ0n) is 21.3. The van der Waals surface area contributed by atoms with Gasteiger partial charge in [-0.1, -0.05) is 78.1 Å². The fourth-order valence-electron chi connectivity index (χ4n) is 3.03. The van der Waals surface area contributed by atoms with Gasteiger partial charge >= 0.3 is 0 Å². The lowest BCUT2D eigenvalue weighted by Crippen LogP contribution is -1.82. The highest BCUT2D eigenvalue weighted by molar-refractivity contribution is 6.31. The van der Waals surface area contributed by atoms with Crippen molar-refractivity contribution in [2.75, 3.05) is 0 Å². The van der Waals surface area contributed by atoms with Crippen LogP contribution in [-0.2, 0) is 0 Å². The highest BCUT2D eigenvalue weighted by Crippen LogP contribution is 2.37. The summed E-state index contributed by atoms with van der Waals surface area (Å²) in [5, 5.41) is 2.10. The molecule has 0 N–H and O–H groups in total. The van der Waals surface area contributed by atoms with E-state index in [0.717, 1.165) is 10.8 Å². The normalized spacial score (nSPS) is 15.6. The molecule has 0 bridgehead atoms.